The Morgan fingerprint density at radius 2 is 2.08 bits per heavy atom. The number of anilines is 1. The van der Waals surface area contributed by atoms with E-state index in [1.165, 1.54) is 0 Å². The zero-order valence-electron chi connectivity index (χ0n) is 14.2. The molecule has 1 saturated heterocycles. The molecule has 0 unspecified atom stereocenters. The van der Waals surface area contributed by atoms with Gasteiger partial charge < -0.3 is 10.2 Å². The van der Waals surface area contributed by atoms with Gasteiger partial charge in [0.25, 0.3) is 5.91 Å². The fourth-order valence-electron chi connectivity index (χ4n) is 3.45. The van der Waals surface area contributed by atoms with Crippen LogP contribution in [0.2, 0.25) is 0 Å². The maximum Gasteiger partial charge on any atom is 0.259 e. The first-order chi connectivity index (χ1) is 12.2. The number of amides is 1. The normalized spacial score (nSPS) is 17.6. The van der Waals surface area contributed by atoms with Gasteiger partial charge in [-0.25, -0.2) is 9.50 Å². The van der Waals surface area contributed by atoms with Crippen LogP contribution < -0.4 is 5.32 Å². The molecule has 6 nitrogen and oxygen atoms in total. The van der Waals surface area contributed by atoms with Crippen molar-refractivity contribution in [3.05, 3.63) is 60.0 Å². The van der Waals surface area contributed by atoms with Gasteiger partial charge in [0, 0.05) is 37.2 Å². The predicted molar refractivity (Wildman–Crippen MR) is 96.7 cm³/mol. The Hall–Kier alpha value is -2.89. The lowest BCUT2D eigenvalue weighted by molar-refractivity contribution is 0.0716. The van der Waals surface area contributed by atoms with Crippen molar-refractivity contribution >= 4 is 17.2 Å². The second kappa shape index (κ2) is 6.55. The number of carbonyl (C=O) groups excluding carboxylic acids is 1. The van der Waals surface area contributed by atoms with E-state index in [4.69, 9.17) is 0 Å². The summed E-state index contributed by atoms with van der Waals surface area (Å²) in [4.78, 5) is 19.4. The van der Waals surface area contributed by atoms with Gasteiger partial charge in [0.15, 0.2) is 5.65 Å². The van der Waals surface area contributed by atoms with E-state index in [0.29, 0.717) is 17.8 Å². The van der Waals surface area contributed by atoms with Crippen molar-refractivity contribution in [3.63, 3.8) is 0 Å². The highest BCUT2D eigenvalue weighted by Crippen LogP contribution is 2.21. The number of nitrogens with zero attached hydrogens (tertiary/aromatic N) is 4. The third-order valence-corrected chi connectivity index (χ3v) is 4.64. The van der Waals surface area contributed by atoms with Crippen molar-refractivity contribution in [3.8, 4) is 0 Å². The number of aryl methyl sites for hydroxylation is 1. The molecule has 4 rings (SSSR count). The standard InChI is InChI=1S/C19H21N5O/c1-14-17(18-20-10-6-12-24(18)22-14)19(25)23-11-5-9-16(13-23)21-15-7-3-2-4-8-15/h2-4,6-8,10,12,16,21H,5,9,11,13H2,1H3/t16-/m0/s1. The van der Waals surface area contributed by atoms with E-state index >= 15 is 0 Å². The van der Waals surface area contributed by atoms with E-state index in [-0.39, 0.29) is 11.9 Å². The second-order valence-electron chi connectivity index (χ2n) is 6.45. The maximum absolute atomic E-state index is 13.1. The van der Waals surface area contributed by atoms with Gasteiger partial charge >= 0.3 is 0 Å². The summed E-state index contributed by atoms with van der Waals surface area (Å²) in [5.74, 6) is 0.0192. The molecule has 3 aromatic rings. The van der Waals surface area contributed by atoms with Gasteiger partial charge in [-0.3, -0.25) is 4.79 Å². The Kier molecular flexibility index (Phi) is 4.09. The Morgan fingerprint density at radius 1 is 1.24 bits per heavy atom. The van der Waals surface area contributed by atoms with Crippen LogP contribution in [0.3, 0.4) is 0 Å². The summed E-state index contributed by atoms with van der Waals surface area (Å²) in [5, 5.41) is 7.94. The topological polar surface area (TPSA) is 62.5 Å². The first-order valence-electron chi connectivity index (χ1n) is 8.63. The molecular formula is C19H21N5O. The van der Waals surface area contributed by atoms with Crippen molar-refractivity contribution in [1.82, 2.24) is 19.5 Å². The molecule has 128 valence electrons. The van der Waals surface area contributed by atoms with Gasteiger partial charge in [0.2, 0.25) is 0 Å². The average Bonchev–Trinajstić information content (AvgIpc) is 2.98. The number of fused-ring (bicyclic) bond motifs is 1. The van der Waals surface area contributed by atoms with Crippen molar-refractivity contribution < 1.29 is 4.79 Å². The number of carbonyl (C=O) groups is 1. The molecule has 0 spiro atoms. The van der Waals surface area contributed by atoms with Gasteiger partial charge in [-0.15, -0.1) is 0 Å². The van der Waals surface area contributed by atoms with E-state index in [1.54, 1.807) is 10.7 Å². The van der Waals surface area contributed by atoms with Gasteiger partial charge in [0.1, 0.15) is 5.56 Å². The van der Waals surface area contributed by atoms with E-state index in [2.05, 4.69) is 27.5 Å². The Labute approximate surface area is 146 Å². The number of hydrogen-bond donors (Lipinski definition) is 1. The van der Waals surface area contributed by atoms with Gasteiger partial charge in [-0.2, -0.15) is 5.10 Å². The summed E-state index contributed by atoms with van der Waals surface area (Å²) in [6, 6.07) is 12.2. The lowest BCUT2D eigenvalue weighted by Gasteiger charge is -2.33. The van der Waals surface area contributed by atoms with Gasteiger partial charge in [-0.05, 0) is 38.0 Å². The predicted octanol–water partition coefficient (Wildman–Crippen LogP) is 2.75. The van der Waals surface area contributed by atoms with Crippen LogP contribution in [-0.4, -0.2) is 44.5 Å². The zero-order valence-corrected chi connectivity index (χ0v) is 14.2. The van der Waals surface area contributed by atoms with Crippen molar-refractivity contribution in [2.45, 2.75) is 25.8 Å². The fraction of sp³-hybridized carbons (Fsp3) is 0.316. The Morgan fingerprint density at radius 3 is 2.92 bits per heavy atom. The first kappa shape index (κ1) is 15.6. The molecule has 0 saturated carbocycles. The molecular weight excluding hydrogens is 314 g/mol. The molecule has 6 heteroatoms. The lowest BCUT2D eigenvalue weighted by atomic mass is 10.0. The molecule has 1 atom stereocenters. The van der Waals surface area contributed by atoms with Crippen LogP contribution in [0.15, 0.2) is 48.8 Å². The van der Waals surface area contributed by atoms with Crippen LogP contribution >= 0.6 is 0 Å². The Balaban J connectivity index is 1.54. The number of rotatable bonds is 3. The largest absolute Gasteiger partial charge is 0.381 e. The molecule has 1 aliphatic rings. The van der Waals surface area contributed by atoms with Gasteiger partial charge in [0.05, 0.1) is 5.69 Å². The van der Waals surface area contributed by atoms with Crippen LogP contribution in [0.5, 0.6) is 0 Å². The van der Waals surface area contributed by atoms with Crippen molar-refractivity contribution in [2.75, 3.05) is 18.4 Å². The fourth-order valence-corrected chi connectivity index (χ4v) is 3.45. The number of likely N-dealkylation sites (tertiary alicyclic amines) is 1. The average molecular weight is 335 g/mol. The van der Waals surface area contributed by atoms with E-state index in [1.807, 2.05) is 42.3 Å². The van der Waals surface area contributed by atoms with E-state index in [0.717, 1.165) is 30.8 Å². The molecule has 0 radical (unpaired) electrons. The summed E-state index contributed by atoms with van der Waals surface area (Å²) >= 11 is 0. The van der Waals surface area contributed by atoms with Crippen LogP contribution in [0, 0.1) is 6.92 Å². The number of para-hydroxylation sites is 1. The maximum atomic E-state index is 13.1. The molecule has 25 heavy (non-hydrogen) atoms. The monoisotopic (exact) mass is 335 g/mol. The van der Waals surface area contributed by atoms with Crippen molar-refractivity contribution in [1.29, 1.82) is 0 Å². The summed E-state index contributed by atoms with van der Waals surface area (Å²) < 4.78 is 1.67. The number of benzene rings is 1. The summed E-state index contributed by atoms with van der Waals surface area (Å²) in [7, 11) is 0. The van der Waals surface area contributed by atoms with Crippen LogP contribution in [-0.2, 0) is 0 Å². The van der Waals surface area contributed by atoms with Crippen LogP contribution in [0.4, 0.5) is 5.69 Å². The van der Waals surface area contributed by atoms with E-state index < -0.39 is 0 Å². The quantitative estimate of drug-likeness (QED) is 0.799. The minimum absolute atomic E-state index is 0.0192. The van der Waals surface area contributed by atoms with Crippen LogP contribution in [0.1, 0.15) is 28.9 Å². The summed E-state index contributed by atoms with van der Waals surface area (Å²) in [6.45, 7) is 3.33. The molecule has 0 aliphatic carbocycles. The number of hydrogen-bond acceptors (Lipinski definition) is 4. The Bertz CT molecular complexity index is 889. The molecule has 0 bridgehead atoms. The number of nitrogens with one attached hydrogen (secondary N) is 1. The molecule has 3 heterocycles. The minimum Gasteiger partial charge on any atom is -0.381 e. The molecule has 1 N–H and O–H groups in total. The van der Waals surface area contributed by atoms with Crippen LogP contribution in [0.25, 0.3) is 5.65 Å². The molecule has 1 aliphatic heterocycles. The summed E-state index contributed by atoms with van der Waals surface area (Å²) in [6.07, 6.45) is 5.57. The van der Waals surface area contributed by atoms with E-state index in [9.17, 15) is 4.79 Å². The number of piperidine rings is 1. The second-order valence-corrected chi connectivity index (χ2v) is 6.45. The molecule has 2 aromatic heterocycles. The highest BCUT2D eigenvalue weighted by Gasteiger charge is 2.28. The number of aromatic nitrogens is 3. The van der Waals surface area contributed by atoms with Gasteiger partial charge in [-0.1, -0.05) is 18.2 Å². The molecule has 1 amide bonds. The third-order valence-electron chi connectivity index (χ3n) is 4.64. The lowest BCUT2D eigenvalue weighted by Crippen LogP contribution is -2.45. The smallest absolute Gasteiger partial charge is 0.259 e. The SMILES string of the molecule is Cc1nn2cccnc2c1C(=O)N1CCC[C@H](Nc2ccccc2)C1. The molecule has 1 aromatic carbocycles. The first-order valence-corrected chi connectivity index (χ1v) is 8.63. The minimum atomic E-state index is 0.0192. The highest BCUT2D eigenvalue weighted by atomic mass is 16.2. The molecule has 1 fully saturated rings. The third kappa shape index (κ3) is 3.07. The van der Waals surface area contributed by atoms with Crippen molar-refractivity contribution in [2.24, 2.45) is 0 Å². The summed E-state index contributed by atoms with van der Waals surface area (Å²) in [5.41, 5.74) is 3.06. The highest BCUT2D eigenvalue weighted by molar-refractivity contribution is 6.01. The zero-order chi connectivity index (χ0) is 17.2.